The van der Waals surface area contributed by atoms with Crippen molar-refractivity contribution in [2.75, 3.05) is 39.8 Å². The Hall–Kier alpha value is -1.06. The van der Waals surface area contributed by atoms with Gasteiger partial charge in [-0.2, -0.15) is 0 Å². The summed E-state index contributed by atoms with van der Waals surface area (Å²) in [5, 5.41) is 3.49. The number of likely N-dealkylation sites (N-methyl/N-ethyl adjacent to an activating group) is 1. The lowest BCUT2D eigenvalue weighted by molar-refractivity contribution is 0.303. The highest BCUT2D eigenvalue weighted by molar-refractivity contribution is 5.28. The van der Waals surface area contributed by atoms with Gasteiger partial charge in [-0.1, -0.05) is 26.0 Å². The van der Waals surface area contributed by atoms with Crippen LogP contribution in [0.3, 0.4) is 0 Å². The molecule has 0 radical (unpaired) electrons. The number of ether oxygens (including phenoxy) is 1. The third kappa shape index (κ3) is 5.52. The average molecular weight is 250 g/mol. The van der Waals surface area contributed by atoms with Gasteiger partial charge in [0.25, 0.3) is 0 Å². The summed E-state index contributed by atoms with van der Waals surface area (Å²) in [6.07, 6.45) is 1.05. The first-order valence-electron chi connectivity index (χ1n) is 6.86. The van der Waals surface area contributed by atoms with Gasteiger partial charge in [-0.3, -0.25) is 0 Å². The van der Waals surface area contributed by atoms with Crippen molar-refractivity contribution < 1.29 is 4.74 Å². The van der Waals surface area contributed by atoms with Crippen LogP contribution < -0.4 is 10.1 Å². The van der Waals surface area contributed by atoms with Crippen molar-refractivity contribution >= 4 is 0 Å². The number of methoxy groups -OCH3 is 1. The van der Waals surface area contributed by atoms with Crippen molar-refractivity contribution in [3.05, 3.63) is 29.8 Å². The quantitative estimate of drug-likeness (QED) is 0.680. The van der Waals surface area contributed by atoms with Gasteiger partial charge in [-0.15, -0.1) is 0 Å². The van der Waals surface area contributed by atoms with E-state index in [-0.39, 0.29) is 0 Å². The minimum Gasteiger partial charge on any atom is -0.497 e. The highest BCUT2D eigenvalue weighted by Gasteiger charge is 1.98. The van der Waals surface area contributed by atoms with Crippen LogP contribution in [0, 0.1) is 0 Å². The van der Waals surface area contributed by atoms with E-state index >= 15 is 0 Å². The maximum atomic E-state index is 5.22. The van der Waals surface area contributed by atoms with E-state index in [2.05, 4.69) is 36.2 Å². The Morgan fingerprint density at radius 1 is 1.17 bits per heavy atom. The molecular weight excluding hydrogens is 224 g/mol. The lowest BCUT2D eigenvalue weighted by Gasteiger charge is -2.17. The van der Waals surface area contributed by atoms with Gasteiger partial charge in [0.2, 0.25) is 0 Å². The largest absolute Gasteiger partial charge is 0.497 e. The first-order chi connectivity index (χ1) is 8.80. The molecule has 1 N–H and O–H groups in total. The summed E-state index contributed by atoms with van der Waals surface area (Å²) in [6.45, 7) is 9.90. The van der Waals surface area contributed by atoms with E-state index in [1.165, 1.54) is 5.56 Å². The highest BCUT2D eigenvalue weighted by atomic mass is 16.5. The number of benzene rings is 1. The molecule has 1 rings (SSSR count). The average Bonchev–Trinajstić information content (AvgIpc) is 2.43. The van der Waals surface area contributed by atoms with Crippen LogP contribution in [-0.4, -0.2) is 44.7 Å². The Kier molecular flexibility index (Phi) is 7.46. The number of nitrogens with zero attached hydrogens (tertiary/aromatic N) is 1. The Morgan fingerprint density at radius 3 is 2.61 bits per heavy atom. The molecule has 0 aliphatic carbocycles. The molecule has 0 amide bonds. The maximum absolute atomic E-state index is 5.22. The molecule has 0 spiro atoms. The van der Waals surface area contributed by atoms with E-state index < -0.39 is 0 Å². The summed E-state index contributed by atoms with van der Waals surface area (Å²) >= 11 is 0. The normalized spacial score (nSPS) is 10.9. The van der Waals surface area contributed by atoms with Crippen molar-refractivity contribution in [2.24, 2.45) is 0 Å². The van der Waals surface area contributed by atoms with Crippen molar-refractivity contribution in [3.63, 3.8) is 0 Å². The summed E-state index contributed by atoms with van der Waals surface area (Å²) < 4.78 is 5.22. The zero-order chi connectivity index (χ0) is 13.2. The summed E-state index contributed by atoms with van der Waals surface area (Å²) in [5.41, 5.74) is 1.32. The molecule has 0 fully saturated rings. The van der Waals surface area contributed by atoms with Crippen molar-refractivity contribution in [2.45, 2.75) is 20.3 Å². The molecule has 0 unspecified atom stereocenters. The molecule has 0 saturated carbocycles. The van der Waals surface area contributed by atoms with Crippen LogP contribution in [-0.2, 0) is 6.42 Å². The zero-order valence-corrected chi connectivity index (χ0v) is 11.9. The molecule has 0 saturated heterocycles. The van der Waals surface area contributed by atoms with Crippen LogP contribution in [0.5, 0.6) is 5.75 Å². The van der Waals surface area contributed by atoms with E-state index in [1.807, 2.05) is 12.1 Å². The minimum absolute atomic E-state index is 0.940. The molecule has 3 nitrogen and oxygen atoms in total. The van der Waals surface area contributed by atoms with E-state index in [4.69, 9.17) is 4.74 Å². The molecule has 0 aromatic heterocycles. The van der Waals surface area contributed by atoms with Gasteiger partial charge in [-0.05, 0) is 43.8 Å². The maximum Gasteiger partial charge on any atom is 0.119 e. The molecule has 102 valence electrons. The first kappa shape index (κ1) is 15.0. The standard InChI is InChI=1S/C15H26N2O/c1-4-17(5-2)12-11-16-10-9-14-7-6-8-15(13-14)18-3/h6-8,13,16H,4-5,9-12H2,1-3H3. The molecule has 0 bridgehead atoms. The molecule has 1 aromatic carbocycles. The molecule has 0 aliphatic heterocycles. The summed E-state index contributed by atoms with van der Waals surface area (Å²) in [5.74, 6) is 0.940. The molecule has 3 heteroatoms. The third-order valence-corrected chi connectivity index (χ3v) is 3.22. The Labute approximate surface area is 111 Å². The number of rotatable bonds is 9. The number of nitrogens with one attached hydrogen (secondary N) is 1. The molecule has 0 heterocycles. The molecule has 18 heavy (non-hydrogen) atoms. The minimum atomic E-state index is 0.940. The van der Waals surface area contributed by atoms with E-state index in [1.54, 1.807) is 7.11 Å². The second-order valence-corrected chi connectivity index (χ2v) is 4.38. The van der Waals surface area contributed by atoms with E-state index in [9.17, 15) is 0 Å². The van der Waals surface area contributed by atoms with Crippen LogP contribution in [0.1, 0.15) is 19.4 Å². The van der Waals surface area contributed by atoms with Crippen LogP contribution in [0.4, 0.5) is 0 Å². The van der Waals surface area contributed by atoms with Gasteiger partial charge < -0.3 is 15.0 Å². The fourth-order valence-corrected chi connectivity index (χ4v) is 1.96. The third-order valence-electron chi connectivity index (χ3n) is 3.22. The summed E-state index contributed by atoms with van der Waals surface area (Å²) in [7, 11) is 1.71. The smallest absolute Gasteiger partial charge is 0.119 e. The van der Waals surface area contributed by atoms with Gasteiger partial charge in [0.1, 0.15) is 5.75 Å². The van der Waals surface area contributed by atoms with Crippen LogP contribution in [0.2, 0.25) is 0 Å². The fourth-order valence-electron chi connectivity index (χ4n) is 1.96. The first-order valence-corrected chi connectivity index (χ1v) is 6.86. The van der Waals surface area contributed by atoms with Crippen molar-refractivity contribution in [3.8, 4) is 5.75 Å². The summed E-state index contributed by atoms with van der Waals surface area (Å²) in [6, 6.07) is 8.28. The SMILES string of the molecule is CCN(CC)CCNCCc1cccc(OC)c1. The van der Waals surface area contributed by atoms with Gasteiger partial charge in [0, 0.05) is 13.1 Å². The van der Waals surface area contributed by atoms with Crippen LogP contribution in [0.25, 0.3) is 0 Å². The Morgan fingerprint density at radius 2 is 1.94 bits per heavy atom. The van der Waals surface area contributed by atoms with Gasteiger partial charge in [0.15, 0.2) is 0 Å². The predicted molar refractivity (Wildman–Crippen MR) is 77.4 cm³/mol. The topological polar surface area (TPSA) is 24.5 Å². The molecular formula is C15H26N2O. The van der Waals surface area contributed by atoms with Gasteiger partial charge in [-0.25, -0.2) is 0 Å². The molecule has 0 aliphatic rings. The van der Waals surface area contributed by atoms with Crippen molar-refractivity contribution in [1.29, 1.82) is 0 Å². The number of hydrogen-bond donors (Lipinski definition) is 1. The molecule has 1 aromatic rings. The van der Waals surface area contributed by atoms with E-state index in [0.717, 1.165) is 44.9 Å². The second-order valence-electron chi connectivity index (χ2n) is 4.38. The monoisotopic (exact) mass is 250 g/mol. The lowest BCUT2D eigenvalue weighted by atomic mass is 10.1. The highest BCUT2D eigenvalue weighted by Crippen LogP contribution is 2.12. The van der Waals surface area contributed by atoms with Crippen molar-refractivity contribution in [1.82, 2.24) is 10.2 Å². The Bertz CT molecular complexity index is 324. The van der Waals surface area contributed by atoms with Gasteiger partial charge in [0.05, 0.1) is 7.11 Å². The fraction of sp³-hybridized carbons (Fsp3) is 0.600. The zero-order valence-electron chi connectivity index (χ0n) is 11.9. The van der Waals surface area contributed by atoms with Crippen LogP contribution in [0.15, 0.2) is 24.3 Å². The van der Waals surface area contributed by atoms with E-state index in [0.29, 0.717) is 0 Å². The predicted octanol–water partition coefficient (Wildman–Crippen LogP) is 2.17. The Balaban J connectivity index is 2.17. The number of hydrogen-bond acceptors (Lipinski definition) is 3. The summed E-state index contributed by atoms with van der Waals surface area (Å²) in [4.78, 5) is 2.43. The lowest BCUT2D eigenvalue weighted by Crippen LogP contribution is -2.32. The van der Waals surface area contributed by atoms with Gasteiger partial charge >= 0.3 is 0 Å². The van der Waals surface area contributed by atoms with Crippen LogP contribution >= 0.6 is 0 Å². The second kappa shape index (κ2) is 8.95. The molecule has 0 atom stereocenters.